The van der Waals surface area contributed by atoms with E-state index < -0.39 is 140 Å². The predicted octanol–water partition coefficient (Wildman–Crippen LogP) is 1.70. The smallest absolute Gasteiger partial charge is 0.409 e. The van der Waals surface area contributed by atoms with Crippen molar-refractivity contribution < 1.29 is 87.7 Å². The molecular weight excluding hydrogens is 1170 g/mol. The topological polar surface area (TPSA) is 492 Å². The van der Waals surface area contributed by atoms with E-state index in [9.17, 15) is 73.2 Å². The van der Waals surface area contributed by atoms with Gasteiger partial charge in [0.2, 0.25) is 17.7 Å². The van der Waals surface area contributed by atoms with Gasteiger partial charge in [-0.3, -0.25) is 63.2 Å². The highest BCUT2D eigenvalue weighted by Gasteiger charge is 2.35. The fraction of sp³-hybridized carbons (Fsp3) is 0.426. The highest BCUT2D eigenvalue weighted by molar-refractivity contribution is 8.76. The number of likely N-dealkylation sites (N-methyl/N-ethyl adjacent to an activating group) is 1. The fourth-order valence-electron chi connectivity index (χ4n) is 8.08. The highest BCUT2D eigenvalue weighted by atomic mass is 33.1. The Morgan fingerprint density at radius 1 is 0.721 bits per heavy atom. The molecule has 3 heterocycles. The number of rotatable bonds is 39. The van der Waals surface area contributed by atoms with Crippen LogP contribution in [-0.2, 0) is 52.7 Å². The van der Waals surface area contributed by atoms with Crippen LogP contribution in [0.5, 0.6) is 5.75 Å². The van der Waals surface area contributed by atoms with E-state index in [1.807, 2.05) is 49.4 Å². The zero-order chi connectivity index (χ0) is 63.5. The number of aromatic nitrogens is 4. The number of ketones is 2. The number of ether oxygens (including phenoxy) is 2. The number of Topliss-reactive ketones (excluding diaryl/α,β-unsaturated/α-hetero) is 2. The molecule has 6 atom stereocenters. The number of carbonyl (C=O) groups excluding carboxylic acids is 6. The second-order valence-corrected chi connectivity index (χ2v) is 21.9. The summed E-state index contributed by atoms with van der Waals surface area (Å²) in [5.74, 6) is -16.4. The fourth-order valence-corrected chi connectivity index (χ4v) is 10.1. The third-order valence-corrected chi connectivity index (χ3v) is 15.0. The van der Waals surface area contributed by atoms with Gasteiger partial charge < -0.3 is 73.1 Å². The molecule has 0 spiro atoms. The van der Waals surface area contributed by atoms with Crippen LogP contribution >= 0.6 is 21.6 Å². The summed E-state index contributed by atoms with van der Waals surface area (Å²) in [6, 6.07) is 10.0. The maximum absolute atomic E-state index is 13.8. The molecule has 0 radical (unpaired) electrons. The van der Waals surface area contributed by atoms with E-state index in [1.54, 1.807) is 24.5 Å². The number of aryl methyl sites for hydroxylation is 1. The first-order valence-corrected chi connectivity index (χ1v) is 29.0. The van der Waals surface area contributed by atoms with Gasteiger partial charge >= 0.3 is 35.9 Å². The van der Waals surface area contributed by atoms with Crippen LogP contribution in [0.3, 0.4) is 0 Å². The Morgan fingerprint density at radius 3 is 1.99 bits per heavy atom. The molecule has 32 heteroatoms. The normalized spacial score (nSPS) is 13.0. The number of aliphatic imine (C=N–C) groups is 1. The molecule has 3 aromatic heterocycles. The summed E-state index contributed by atoms with van der Waals surface area (Å²) in [6.07, 6.45) is -3.33. The van der Waals surface area contributed by atoms with Crippen molar-refractivity contribution in [2.45, 2.75) is 88.9 Å². The number of amides is 4. The van der Waals surface area contributed by atoms with Gasteiger partial charge in [0.25, 0.3) is 0 Å². The Kier molecular flexibility index (Phi) is 28.4. The quantitative estimate of drug-likeness (QED) is 0.0131. The van der Waals surface area contributed by atoms with Crippen molar-refractivity contribution in [3.8, 4) is 39.5 Å². The predicted molar refractivity (Wildman–Crippen MR) is 311 cm³/mol. The summed E-state index contributed by atoms with van der Waals surface area (Å²) < 4.78 is 11.2. The van der Waals surface area contributed by atoms with Crippen LogP contribution in [-0.4, -0.2) is 191 Å². The number of carbonyl (C=O) groups is 11. The van der Waals surface area contributed by atoms with Crippen molar-refractivity contribution in [2.75, 3.05) is 44.9 Å². The zero-order valence-corrected chi connectivity index (χ0v) is 48.4. The number of guanidine groups is 1. The van der Waals surface area contributed by atoms with Crippen LogP contribution < -0.4 is 37.9 Å². The molecule has 0 fully saturated rings. The summed E-state index contributed by atoms with van der Waals surface area (Å²) in [5, 5.41) is 61.7. The lowest BCUT2D eigenvalue weighted by Gasteiger charge is -2.24. The number of aliphatic carboxylic acids is 5. The number of H-pyrrole nitrogens is 1. The molecule has 15 N–H and O–H groups in total. The van der Waals surface area contributed by atoms with Crippen LogP contribution in [0.4, 0.5) is 4.79 Å². The number of carboxylic acid groups (broad SMARTS) is 5. The number of aromatic amines is 1. The van der Waals surface area contributed by atoms with E-state index in [0.29, 0.717) is 11.4 Å². The SMILES string of the molecule is Cc1cccc(-c2cn[nH]c2-c2ccnc(-c3ccc(OCCN(C)C(=O)OCCSSC[C@H](NC(=O)[C@H](CC(=O)O)CC(=O)[C@H](CC(=O)O)NC(=O)[C@H](CCCN=C(N)N)CC(=O)[C@H](CC(=O)O)NC(=O)CC[C@H](N)C(=O)O)C(=O)O)cc3)c2)n1. The molecule has 0 aliphatic carbocycles. The van der Waals surface area contributed by atoms with Crippen LogP contribution in [0.25, 0.3) is 33.8 Å². The lowest BCUT2D eigenvalue weighted by molar-refractivity contribution is -0.145. The highest BCUT2D eigenvalue weighted by Crippen LogP contribution is 2.32. The minimum atomic E-state index is -1.96. The summed E-state index contributed by atoms with van der Waals surface area (Å²) in [4.78, 5) is 153. The van der Waals surface area contributed by atoms with Crippen LogP contribution in [0.1, 0.15) is 63.5 Å². The second kappa shape index (κ2) is 35.2. The van der Waals surface area contributed by atoms with E-state index in [1.165, 1.54) is 11.9 Å². The maximum Gasteiger partial charge on any atom is 0.409 e. The third kappa shape index (κ3) is 24.2. The Balaban J connectivity index is 1.27. The standard InChI is InChI=1S/C54H68N12O18S2/c1-29-5-3-7-37(61-29)35-27-60-65-48(35)31-14-16-58-38(21-31)30-8-10-34(11-9-30)83-18-17-66(2)54(82)84-19-20-85-86-28-41(52(80)81)64-50(77)33(24-45(70)71)23-43(68)40(26-47(74)75)63-49(76)32(6-4-15-59-53(56)57)22-42(67)39(25-46(72)73)62-44(69)13-12-36(55)51(78)79/h3,5,7-11,14,16,21,27,32-33,36,39-41H,4,6,12-13,15,17-20,22-26,28,55H2,1-2H3,(H,60,65)(H,62,69)(H,63,76)(H,64,77)(H,70,71)(H,72,73)(H,74,75)(H,78,79)(H,80,81)(H4,56,57,59)/t32-,33+,36+,39+,40+,41+/m1/s1. The van der Waals surface area contributed by atoms with Crippen LogP contribution in [0.2, 0.25) is 0 Å². The van der Waals surface area contributed by atoms with Crippen molar-refractivity contribution in [3.05, 3.63) is 72.7 Å². The average molecular weight is 1240 g/mol. The molecule has 0 saturated carbocycles. The zero-order valence-electron chi connectivity index (χ0n) is 46.7. The molecule has 4 aromatic rings. The van der Waals surface area contributed by atoms with Crippen LogP contribution in [0.15, 0.2) is 72.0 Å². The van der Waals surface area contributed by atoms with Crippen molar-refractivity contribution in [3.63, 3.8) is 0 Å². The molecule has 4 amide bonds. The summed E-state index contributed by atoms with van der Waals surface area (Å²) in [6.45, 7) is 2.00. The average Bonchev–Trinajstić information content (AvgIpc) is 3.88. The summed E-state index contributed by atoms with van der Waals surface area (Å²) >= 11 is 0. The number of hydrogen-bond donors (Lipinski definition) is 12. The summed E-state index contributed by atoms with van der Waals surface area (Å²) in [7, 11) is 3.55. The minimum absolute atomic E-state index is 0.00638. The molecule has 0 saturated heterocycles. The van der Waals surface area contributed by atoms with Crippen molar-refractivity contribution in [1.29, 1.82) is 0 Å². The molecule has 30 nitrogen and oxygen atoms in total. The van der Waals surface area contributed by atoms with Crippen LogP contribution in [0, 0.1) is 18.8 Å². The second-order valence-electron chi connectivity index (χ2n) is 19.3. The van der Waals surface area contributed by atoms with Gasteiger partial charge in [-0.2, -0.15) is 5.10 Å². The van der Waals surface area contributed by atoms with Gasteiger partial charge in [0.05, 0.1) is 67.1 Å². The first-order valence-electron chi connectivity index (χ1n) is 26.5. The van der Waals surface area contributed by atoms with Gasteiger partial charge in [-0.25, -0.2) is 9.59 Å². The lowest BCUT2D eigenvalue weighted by atomic mass is 9.90. The number of nitrogens with two attached hydrogens (primary N) is 3. The molecule has 4 rings (SSSR count). The maximum atomic E-state index is 13.8. The Labute approximate surface area is 499 Å². The first-order chi connectivity index (χ1) is 40.8. The Morgan fingerprint density at radius 2 is 1.36 bits per heavy atom. The minimum Gasteiger partial charge on any atom is -0.492 e. The molecule has 86 heavy (non-hydrogen) atoms. The van der Waals surface area contributed by atoms with Crippen molar-refractivity contribution in [2.24, 2.45) is 34.0 Å². The summed E-state index contributed by atoms with van der Waals surface area (Å²) in [5.41, 5.74) is 21.9. The molecule has 0 bridgehead atoms. The van der Waals surface area contributed by atoms with Gasteiger partial charge in [0, 0.05) is 78.9 Å². The molecule has 0 aliphatic heterocycles. The van der Waals surface area contributed by atoms with E-state index in [-0.39, 0.29) is 63.0 Å². The first kappa shape index (κ1) is 69.3. The largest absolute Gasteiger partial charge is 0.492 e. The number of nitrogens with zero attached hydrogens (tertiary/aromatic N) is 5. The molecule has 0 unspecified atom stereocenters. The van der Waals surface area contributed by atoms with E-state index in [0.717, 1.165) is 55.4 Å². The van der Waals surface area contributed by atoms with E-state index in [4.69, 9.17) is 31.8 Å². The number of nitrogens with one attached hydrogen (secondary N) is 4. The van der Waals surface area contributed by atoms with E-state index >= 15 is 0 Å². The monoisotopic (exact) mass is 1240 g/mol. The number of pyridine rings is 2. The molecule has 1 aromatic carbocycles. The van der Waals surface area contributed by atoms with Gasteiger partial charge in [0.1, 0.15) is 31.0 Å². The number of carboxylic acids is 5. The van der Waals surface area contributed by atoms with Gasteiger partial charge in [-0.05, 0) is 74.7 Å². The molecule has 464 valence electrons. The number of benzene rings is 1. The van der Waals surface area contributed by atoms with Crippen molar-refractivity contribution in [1.82, 2.24) is 41.0 Å². The van der Waals surface area contributed by atoms with Gasteiger partial charge in [-0.15, -0.1) is 0 Å². The molecular formula is C54H68N12O18S2. The van der Waals surface area contributed by atoms with Crippen molar-refractivity contribution >= 4 is 92.8 Å². The van der Waals surface area contributed by atoms with E-state index in [2.05, 4.69) is 41.1 Å². The third-order valence-electron chi connectivity index (χ3n) is 12.6. The number of hydrogen-bond acceptors (Lipinski definition) is 20. The molecule has 0 aliphatic rings. The Hall–Kier alpha value is -9.17. The van der Waals surface area contributed by atoms with Gasteiger partial charge in [-0.1, -0.05) is 27.7 Å². The Bertz CT molecular complexity index is 3070. The lowest BCUT2D eigenvalue weighted by Crippen LogP contribution is -2.49. The van der Waals surface area contributed by atoms with Gasteiger partial charge in [0.15, 0.2) is 17.5 Å².